The summed E-state index contributed by atoms with van der Waals surface area (Å²) < 4.78 is 10.7. The second kappa shape index (κ2) is 7.08. The van der Waals surface area contributed by atoms with Gasteiger partial charge in [0.2, 0.25) is 0 Å². The van der Waals surface area contributed by atoms with Gasteiger partial charge in [-0.3, -0.25) is 0 Å². The molecule has 78 valence electrons. The molecular formula is C10H13Na2O3P. The second-order valence-electron chi connectivity index (χ2n) is 4.29. The Kier molecular flexibility index (Phi) is 8.72. The van der Waals surface area contributed by atoms with Crippen molar-refractivity contribution >= 4 is 12.9 Å². The van der Waals surface area contributed by atoms with Gasteiger partial charge < -0.3 is 14.4 Å². The standard InChI is InChI=1S/C10H15O3P.2Na/c1-10(2,3)8-4-6-9(7-5-8)14(11,12)13;;/h4-7H,1-3H3,(H2,11,12,13);;/q;2*+1/p-2. The van der Waals surface area contributed by atoms with Gasteiger partial charge in [-0.2, -0.15) is 0 Å². The maximum atomic E-state index is 10.7. The van der Waals surface area contributed by atoms with E-state index in [-0.39, 0.29) is 69.8 Å². The van der Waals surface area contributed by atoms with Gasteiger partial charge in [0.15, 0.2) is 0 Å². The summed E-state index contributed by atoms with van der Waals surface area (Å²) in [6, 6.07) is 6.08. The zero-order valence-corrected chi connectivity index (χ0v) is 15.4. The van der Waals surface area contributed by atoms with Gasteiger partial charge in [-0.15, -0.1) is 0 Å². The number of rotatable bonds is 1. The minimum absolute atomic E-state index is 0. The number of hydrogen-bond acceptors (Lipinski definition) is 3. The molecule has 0 aliphatic carbocycles. The van der Waals surface area contributed by atoms with Crippen molar-refractivity contribution in [2.24, 2.45) is 0 Å². The minimum Gasteiger partial charge on any atom is -0.807 e. The molecule has 3 nitrogen and oxygen atoms in total. The van der Waals surface area contributed by atoms with E-state index in [9.17, 15) is 14.4 Å². The predicted molar refractivity (Wildman–Crippen MR) is 52.4 cm³/mol. The largest absolute Gasteiger partial charge is 1.00 e. The topological polar surface area (TPSA) is 63.2 Å². The van der Waals surface area contributed by atoms with Crippen molar-refractivity contribution in [3.63, 3.8) is 0 Å². The Morgan fingerprint density at radius 2 is 1.38 bits per heavy atom. The van der Waals surface area contributed by atoms with E-state index in [1.165, 1.54) is 12.1 Å². The first kappa shape index (κ1) is 19.7. The molecule has 16 heavy (non-hydrogen) atoms. The first-order valence-corrected chi connectivity index (χ1v) is 5.89. The van der Waals surface area contributed by atoms with Crippen LogP contribution in [-0.4, -0.2) is 0 Å². The molecule has 0 unspecified atom stereocenters. The van der Waals surface area contributed by atoms with E-state index in [1.54, 1.807) is 12.1 Å². The van der Waals surface area contributed by atoms with Crippen LogP contribution in [0, 0.1) is 0 Å². The van der Waals surface area contributed by atoms with Crippen molar-refractivity contribution in [3.05, 3.63) is 29.8 Å². The molecule has 1 aromatic rings. The average molecular weight is 258 g/mol. The van der Waals surface area contributed by atoms with Crippen LogP contribution in [0.4, 0.5) is 0 Å². The van der Waals surface area contributed by atoms with Crippen molar-refractivity contribution in [2.45, 2.75) is 26.2 Å². The molecule has 0 amide bonds. The fourth-order valence-corrected chi connectivity index (χ4v) is 1.66. The maximum Gasteiger partial charge on any atom is 1.00 e. The van der Waals surface area contributed by atoms with Crippen molar-refractivity contribution in [3.8, 4) is 0 Å². The minimum atomic E-state index is -4.59. The molecule has 0 aliphatic rings. The van der Waals surface area contributed by atoms with Crippen LogP contribution in [0.25, 0.3) is 0 Å². The van der Waals surface area contributed by atoms with Crippen LogP contribution in [0.1, 0.15) is 26.3 Å². The third-order valence-electron chi connectivity index (χ3n) is 2.05. The SMILES string of the molecule is CC(C)(C)c1ccc(P(=O)([O-])[O-])cc1.[Na+].[Na+]. The van der Waals surface area contributed by atoms with Gasteiger partial charge in [0.1, 0.15) is 0 Å². The van der Waals surface area contributed by atoms with Crippen molar-refractivity contribution in [2.75, 3.05) is 0 Å². The first-order chi connectivity index (χ1) is 6.21. The molecule has 0 bridgehead atoms. The molecule has 0 aromatic heterocycles. The molecule has 6 heteroatoms. The fraction of sp³-hybridized carbons (Fsp3) is 0.400. The summed E-state index contributed by atoms with van der Waals surface area (Å²) in [6.07, 6.45) is 0. The van der Waals surface area contributed by atoms with E-state index in [0.29, 0.717) is 0 Å². The predicted octanol–water partition coefficient (Wildman–Crippen LogP) is -5.47. The number of hydrogen-bond donors (Lipinski definition) is 0. The van der Waals surface area contributed by atoms with Gasteiger partial charge >= 0.3 is 59.1 Å². The summed E-state index contributed by atoms with van der Waals surface area (Å²) in [5.41, 5.74) is 0.976. The molecule has 1 aromatic carbocycles. The quantitative estimate of drug-likeness (QED) is 0.373. The molecule has 0 aliphatic heterocycles. The normalized spacial score (nSPS) is 11.3. The summed E-state index contributed by atoms with van der Waals surface area (Å²) in [7, 11) is -4.59. The van der Waals surface area contributed by atoms with Crippen LogP contribution >= 0.6 is 7.60 Å². The van der Waals surface area contributed by atoms with E-state index < -0.39 is 7.60 Å². The van der Waals surface area contributed by atoms with Crippen LogP contribution < -0.4 is 74.2 Å². The Labute approximate surface area is 141 Å². The Morgan fingerprint density at radius 1 is 1.00 bits per heavy atom. The molecule has 0 radical (unpaired) electrons. The fourth-order valence-electron chi connectivity index (χ4n) is 1.14. The van der Waals surface area contributed by atoms with Crippen LogP contribution in [0.3, 0.4) is 0 Å². The monoisotopic (exact) mass is 258 g/mol. The van der Waals surface area contributed by atoms with Crippen LogP contribution in [0.15, 0.2) is 24.3 Å². The molecule has 0 N–H and O–H groups in total. The van der Waals surface area contributed by atoms with E-state index in [1.807, 2.05) is 20.8 Å². The molecule has 0 saturated heterocycles. The third kappa shape index (κ3) is 5.81. The molecule has 0 heterocycles. The first-order valence-electron chi connectivity index (χ1n) is 4.34. The smallest absolute Gasteiger partial charge is 0.807 e. The summed E-state index contributed by atoms with van der Waals surface area (Å²) in [5, 5.41) is -0.148. The zero-order chi connectivity index (χ0) is 11.0. The van der Waals surface area contributed by atoms with Gasteiger partial charge in [0.25, 0.3) is 0 Å². The third-order valence-corrected chi connectivity index (χ3v) is 2.98. The van der Waals surface area contributed by atoms with Crippen LogP contribution in [0.2, 0.25) is 0 Å². The van der Waals surface area contributed by atoms with Crippen LogP contribution in [-0.2, 0) is 9.98 Å². The van der Waals surface area contributed by atoms with Gasteiger partial charge in [0, 0.05) is 0 Å². The zero-order valence-electron chi connectivity index (χ0n) is 10.5. The van der Waals surface area contributed by atoms with Gasteiger partial charge in [-0.05, 0) is 23.9 Å². The summed E-state index contributed by atoms with van der Waals surface area (Å²) in [4.78, 5) is 21.3. The molecule has 0 fully saturated rings. The summed E-state index contributed by atoms with van der Waals surface area (Å²) >= 11 is 0. The Hall–Kier alpha value is 1.37. The molecule has 1 rings (SSSR count). The van der Waals surface area contributed by atoms with E-state index in [2.05, 4.69) is 0 Å². The van der Waals surface area contributed by atoms with E-state index >= 15 is 0 Å². The average Bonchev–Trinajstić information content (AvgIpc) is 2.01. The number of benzene rings is 1. The van der Waals surface area contributed by atoms with Gasteiger partial charge in [0.05, 0.1) is 0 Å². The molecule has 0 atom stereocenters. The van der Waals surface area contributed by atoms with E-state index in [0.717, 1.165) is 5.56 Å². The van der Waals surface area contributed by atoms with Gasteiger partial charge in [-0.1, -0.05) is 45.0 Å². The molecule has 0 spiro atoms. The van der Waals surface area contributed by atoms with Crippen molar-refractivity contribution in [1.29, 1.82) is 0 Å². The maximum absolute atomic E-state index is 10.7. The molecular weight excluding hydrogens is 245 g/mol. The Balaban J connectivity index is 0. The van der Waals surface area contributed by atoms with E-state index in [4.69, 9.17) is 0 Å². The summed E-state index contributed by atoms with van der Waals surface area (Å²) in [6.45, 7) is 6.07. The van der Waals surface area contributed by atoms with Crippen molar-refractivity contribution < 1.29 is 73.5 Å². The summed E-state index contributed by atoms with van der Waals surface area (Å²) in [5.74, 6) is 0. The Morgan fingerprint density at radius 3 is 1.62 bits per heavy atom. The molecule has 0 saturated carbocycles. The van der Waals surface area contributed by atoms with Crippen molar-refractivity contribution in [1.82, 2.24) is 0 Å². The van der Waals surface area contributed by atoms with Crippen LogP contribution in [0.5, 0.6) is 0 Å². The van der Waals surface area contributed by atoms with Gasteiger partial charge in [-0.25, -0.2) is 0 Å². The Bertz CT molecular complexity index is 365. The second-order valence-corrected chi connectivity index (χ2v) is 5.81.